The van der Waals surface area contributed by atoms with Crippen molar-refractivity contribution in [2.75, 3.05) is 46.5 Å². The minimum atomic E-state index is -0.553. The lowest BCUT2D eigenvalue weighted by atomic mass is 9.95. The summed E-state index contributed by atoms with van der Waals surface area (Å²) in [5.41, 5.74) is 7.07. The number of amides is 2. The van der Waals surface area contributed by atoms with Gasteiger partial charge in [-0.1, -0.05) is 6.07 Å². The van der Waals surface area contributed by atoms with Crippen LogP contribution in [0.3, 0.4) is 0 Å². The highest BCUT2D eigenvalue weighted by Gasteiger charge is 2.38. The maximum atomic E-state index is 13.5. The second-order valence-corrected chi connectivity index (χ2v) is 10.4. The molecule has 0 spiro atoms. The van der Waals surface area contributed by atoms with E-state index < -0.39 is 5.60 Å². The van der Waals surface area contributed by atoms with Crippen LogP contribution in [0, 0.1) is 18.8 Å². The molecule has 2 amide bonds. The number of methoxy groups -OCH3 is 1. The number of aryl methyl sites for hydroxylation is 1. The topological polar surface area (TPSA) is 94.3 Å². The zero-order valence-corrected chi connectivity index (χ0v) is 21.9. The average Bonchev–Trinajstić information content (AvgIpc) is 3.17. The molecule has 34 heavy (non-hydrogen) atoms. The highest BCUT2D eigenvalue weighted by molar-refractivity contribution is 5.95. The maximum absolute atomic E-state index is 13.5. The Kier molecular flexibility index (Phi) is 10.2. The first kappa shape index (κ1) is 27.9. The highest BCUT2D eigenvalue weighted by atomic mass is 16.6. The van der Waals surface area contributed by atoms with E-state index in [0.29, 0.717) is 50.7 Å². The Balaban J connectivity index is 2.13. The Morgan fingerprint density at radius 1 is 1.18 bits per heavy atom. The molecule has 1 aliphatic heterocycles. The van der Waals surface area contributed by atoms with Crippen LogP contribution in [0.25, 0.3) is 0 Å². The summed E-state index contributed by atoms with van der Waals surface area (Å²) in [6.07, 6.45) is 0.451. The number of likely N-dealkylation sites (tertiary alicyclic amines) is 1. The van der Waals surface area contributed by atoms with Gasteiger partial charge in [0.05, 0.1) is 6.61 Å². The number of benzene rings is 1. The molecule has 0 unspecified atom stereocenters. The van der Waals surface area contributed by atoms with Crippen molar-refractivity contribution in [1.29, 1.82) is 0 Å². The number of carbonyl (C=O) groups is 2. The molecule has 2 atom stereocenters. The summed E-state index contributed by atoms with van der Waals surface area (Å²) < 4.78 is 16.5. The van der Waals surface area contributed by atoms with Crippen LogP contribution in [0.5, 0.6) is 5.75 Å². The fraction of sp³-hybridized carbons (Fsp3) is 0.692. The summed E-state index contributed by atoms with van der Waals surface area (Å²) in [4.78, 5) is 29.7. The zero-order valence-electron chi connectivity index (χ0n) is 21.9. The fourth-order valence-corrected chi connectivity index (χ4v) is 4.11. The molecule has 0 aromatic heterocycles. The van der Waals surface area contributed by atoms with Gasteiger partial charge in [0.1, 0.15) is 11.4 Å². The largest absolute Gasteiger partial charge is 0.493 e. The molecular weight excluding hydrogens is 434 g/mol. The Morgan fingerprint density at radius 3 is 2.44 bits per heavy atom. The monoisotopic (exact) mass is 477 g/mol. The first-order valence-electron chi connectivity index (χ1n) is 12.2. The Labute approximate surface area is 204 Å². The van der Waals surface area contributed by atoms with E-state index in [1.165, 1.54) is 0 Å². The van der Waals surface area contributed by atoms with E-state index >= 15 is 0 Å². The first-order chi connectivity index (χ1) is 16.0. The third kappa shape index (κ3) is 7.87. The lowest BCUT2D eigenvalue weighted by Gasteiger charge is -2.31. The predicted molar refractivity (Wildman–Crippen MR) is 133 cm³/mol. The third-order valence-corrected chi connectivity index (χ3v) is 6.03. The highest BCUT2D eigenvalue weighted by Crippen LogP contribution is 2.28. The van der Waals surface area contributed by atoms with Gasteiger partial charge >= 0.3 is 6.09 Å². The Bertz CT molecular complexity index is 821. The first-order valence-corrected chi connectivity index (χ1v) is 12.2. The molecule has 0 radical (unpaired) electrons. The van der Waals surface area contributed by atoms with E-state index in [9.17, 15) is 9.59 Å². The van der Waals surface area contributed by atoms with E-state index in [1.54, 1.807) is 12.0 Å². The van der Waals surface area contributed by atoms with E-state index in [1.807, 2.05) is 64.6 Å². The van der Waals surface area contributed by atoms with Crippen molar-refractivity contribution < 1.29 is 23.8 Å². The van der Waals surface area contributed by atoms with Gasteiger partial charge in [0, 0.05) is 51.4 Å². The predicted octanol–water partition coefficient (Wildman–Crippen LogP) is 3.70. The Hall–Kier alpha value is -2.32. The van der Waals surface area contributed by atoms with Crippen molar-refractivity contribution in [3.05, 3.63) is 29.3 Å². The lowest BCUT2D eigenvalue weighted by molar-refractivity contribution is 0.0282. The molecule has 0 bridgehead atoms. The molecule has 1 saturated heterocycles. The normalized spacial score (nSPS) is 18.3. The standard InChI is InChI=1S/C26H43N3O5/c1-18(2)29(17-22-16-28(15-21(22)14-27)25(31)34-26(4,5)6)24(30)20-10-9-19(3)23(13-20)33-12-8-11-32-7/h9-10,13,18,21-22H,8,11-12,14-17,27H2,1-7H3/t21-,22+/m1/s1. The van der Waals surface area contributed by atoms with Crippen molar-refractivity contribution in [3.8, 4) is 5.75 Å². The van der Waals surface area contributed by atoms with Gasteiger partial charge in [0.2, 0.25) is 0 Å². The number of hydrogen-bond acceptors (Lipinski definition) is 6. The van der Waals surface area contributed by atoms with Crippen molar-refractivity contribution in [1.82, 2.24) is 9.80 Å². The third-order valence-electron chi connectivity index (χ3n) is 6.03. The molecule has 2 N–H and O–H groups in total. The summed E-state index contributed by atoms with van der Waals surface area (Å²) in [6, 6.07) is 5.58. The quantitative estimate of drug-likeness (QED) is 0.517. The van der Waals surface area contributed by atoms with Gasteiger partial charge in [-0.2, -0.15) is 0 Å². The van der Waals surface area contributed by atoms with Crippen LogP contribution in [-0.4, -0.2) is 79.9 Å². The SMILES string of the molecule is COCCCOc1cc(C(=O)N(C[C@@H]2CN(C(=O)OC(C)(C)C)C[C@H]2CN)C(C)C)ccc1C. The van der Waals surface area contributed by atoms with Crippen LogP contribution in [-0.2, 0) is 9.47 Å². The van der Waals surface area contributed by atoms with Crippen LogP contribution in [0.4, 0.5) is 4.79 Å². The van der Waals surface area contributed by atoms with Crippen LogP contribution >= 0.6 is 0 Å². The van der Waals surface area contributed by atoms with Crippen molar-refractivity contribution in [3.63, 3.8) is 0 Å². The van der Waals surface area contributed by atoms with Gasteiger partial charge in [-0.15, -0.1) is 0 Å². The molecule has 2 rings (SSSR count). The number of nitrogens with two attached hydrogens (primary N) is 1. The molecule has 1 aromatic carbocycles. The lowest BCUT2D eigenvalue weighted by Crippen LogP contribution is -2.43. The van der Waals surface area contributed by atoms with Gasteiger partial charge in [-0.05, 0) is 77.6 Å². The molecule has 1 fully saturated rings. The summed E-state index contributed by atoms with van der Waals surface area (Å²) in [7, 11) is 1.66. The molecular formula is C26H43N3O5. The van der Waals surface area contributed by atoms with Gasteiger partial charge in [-0.25, -0.2) is 4.79 Å². The molecule has 0 aliphatic carbocycles. The summed E-state index contributed by atoms with van der Waals surface area (Å²) in [5, 5.41) is 0. The minimum absolute atomic E-state index is 0.00567. The summed E-state index contributed by atoms with van der Waals surface area (Å²) >= 11 is 0. The second kappa shape index (κ2) is 12.4. The zero-order chi connectivity index (χ0) is 25.5. The van der Waals surface area contributed by atoms with E-state index in [2.05, 4.69) is 0 Å². The van der Waals surface area contributed by atoms with Crippen LogP contribution < -0.4 is 10.5 Å². The maximum Gasteiger partial charge on any atom is 0.410 e. The molecule has 1 aromatic rings. The molecule has 8 nitrogen and oxygen atoms in total. The number of carbonyl (C=O) groups excluding carboxylic acids is 2. The van der Waals surface area contributed by atoms with Gasteiger partial charge in [0.15, 0.2) is 0 Å². The van der Waals surface area contributed by atoms with Crippen molar-refractivity contribution in [2.45, 2.75) is 59.6 Å². The van der Waals surface area contributed by atoms with Gasteiger partial charge < -0.3 is 29.7 Å². The van der Waals surface area contributed by atoms with Crippen molar-refractivity contribution in [2.24, 2.45) is 17.6 Å². The number of rotatable bonds is 10. The molecule has 1 heterocycles. The van der Waals surface area contributed by atoms with Gasteiger partial charge in [0.25, 0.3) is 5.91 Å². The summed E-state index contributed by atoms with van der Waals surface area (Å²) in [5.74, 6) is 0.851. The van der Waals surface area contributed by atoms with Gasteiger partial charge in [-0.3, -0.25) is 4.79 Å². The smallest absolute Gasteiger partial charge is 0.410 e. The number of hydrogen-bond donors (Lipinski definition) is 1. The van der Waals surface area contributed by atoms with E-state index in [0.717, 1.165) is 12.0 Å². The minimum Gasteiger partial charge on any atom is -0.493 e. The fourth-order valence-electron chi connectivity index (χ4n) is 4.11. The van der Waals surface area contributed by atoms with E-state index in [4.69, 9.17) is 19.9 Å². The average molecular weight is 478 g/mol. The molecule has 8 heteroatoms. The molecule has 1 aliphatic rings. The van der Waals surface area contributed by atoms with Crippen LogP contribution in [0.1, 0.15) is 57.0 Å². The van der Waals surface area contributed by atoms with Crippen molar-refractivity contribution >= 4 is 12.0 Å². The molecule has 0 saturated carbocycles. The van der Waals surface area contributed by atoms with Crippen LogP contribution in [0.15, 0.2) is 18.2 Å². The summed E-state index contributed by atoms with van der Waals surface area (Å²) in [6.45, 7) is 14.7. The number of ether oxygens (including phenoxy) is 3. The Morgan fingerprint density at radius 2 is 1.85 bits per heavy atom. The van der Waals surface area contributed by atoms with E-state index in [-0.39, 0.29) is 29.9 Å². The molecule has 192 valence electrons. The van der Waals surface area contributed by atoms with Crippen LogP contribution in [0.2, 0.25) is 0 Å². The number of nitrogens with zero attached hydrogens (tertiary/aromatic N) is 2. The second-order valence-electron chi connectivity index (χ2n) is 10.4.